The fraction of sp³-hybridized carbons (Fsp3) is 0.333. The second kappa shape index (κ2) is 5.58. The Hall–Kier alpha value is -1.60. The topological polar surface area (TPSA) is 26.0 Å². The Morgan fingerprint density at radius 3 is 2.68 bits per heavy atom. The van der Waals surface area contributed by atoms with Gasteiger partial charge in [0.1, 0.15) is 0 Å². The van der Waals surface area contributed by atoms with E-state index in [0.717, 1.165) is 6.42 Å². The number of nitrogens with two attached hydrogens (primary N) is 1. The average molecular weight is 251 g/mol. The first kappa shape index (κ1) is 12.4. The van der Waals surface area contributed by atoms with Gasteiger partial charge in [-0.2, -0.15) is 0 Å². The minimum atomic E-state index is 0.121. The highest BCUT2D eigenvalue weighted by Gasteiger charge is 2.13. The van der Waals surface area contributed by atoms with Crippen molar-refractivity contribution in [2.24, 2.45) is 5.73 Å². The largest absolute Gasteiger partial charge is 0.324 e. The van der Waals surface area contributed by atoms with Crippen LogP contribution in [0.15, 0.2) is 54.1 Å². The third kappa shape index (κ3) is 2.71. The maximum absolute atomic E-state index is 6.45. The first-order valence-corrected chi connectivity index (χ1v) is 7.26. The molecule has 0 bridgehead atoms. The third-order valence-corrected chi connectivity index (χ3v) is 4.09. The molecule has 0 spiro atoms. The van der Waals surface area contributed by atoms with E-state index in [4.69, 9.17) is 5.73 Å². The molecule has 1 nitrogen and oxygen atoms in total. The molecule has 0 saturated heterocycles. The molecule has 0 amide bonds. The maximum atomic E-state index is 6.45. The van der Waals surface area contributed by atoms with Crippen LogP contribution in [0.1, 0.15) is 43.7 Å². The molecule has 2 aromatic rings. The van der Waals surface area contributed by atoms with E-state index in [9.17, 15) is 0 Å². The highest BCUT2D eigenvalue weighted by Crippen LogP contribution is 2.29. The summed E-state index contributed by atoms with van der Waals surface area (Å²) >= 11 is 0. The first-order valence-electron chi connectivity index (χ1n) is 7.26. The van der Waals surface area contributed by atoms with Crippen LogP contribution in [0.25, 0.3) is 10.8 Å². The highest BCUT2D eigenvalue weighted by molar-refractivity contribution is 5.86. The number of hydrogen-bond acceptors (Lipinski definition) is 1. The number of fused-ring (bicyclic) bond motifs is 1. The van der Waals surface area contributed by atoms with Crippen molar-refractivity contribution in [3.63, 3.8) is 0 Å². The van der Waals surface area contributed by atoms with Gasteiger partial charge in [-0.1, -0.05) is 54.1 Å². The van der Waals surface area contributed by atoms with Crippen molar-refractivity contribution in [2.45, 2.75) is 38.1 Å². The van der Waals surface area contributed by atoms with Gasteiger partial charge in [-0.25, -0.2) is 0 Å². The molecule has 1 aliphatic rings. The van der Waals surface area contributed by atoms with Gasteiger partial charge in [0.25, 0.3) is 0 Å². The predicted molar refractivity (Wildman–Crippen MR) is 82.0 cm³/mol. The molecule has 2 N–H and O–H groups in total. The van der Waals surface area contributed by atoms with Crippen LogP contribution in [0.2, 0.25) is 0 Å². The quantitative estimate of drug-likeness (QED) is 0.784. The zero-order chi connectivity index (χ0) is 13.1. The summed E-state index contributed by atoms with van der Waals surface area (Å²) in [5.41, 5.74) is 9.28. The van der Waals surface area contributed by atoms with Crippen LogP contribution >= 0.6 is 0 Å². The number of allylic oxidation sites excluding steroid dienone is 1. The second-order valence-electron chi connectivity index (χ2n) is 5.49. The van der Waals surface area contributed by atoms with Gasteiger partial charge in [-0.3, -0.25) is 0 Å². The van der Waals surface area contributed by atoms with Crippen molar-refractivity contribution in [1.82, 2.24) is 0 Å². The summed E-state index contributed by atoms with van der Waals surface area (Å²) < 4.78 is 0. The van der Waals surface area contributed by atoms with Crippen LogP contribution in [0.5, 0.6) is 0 Å². The Kier molecular flexibility index (Phi) is 3.65. The summed E-state index contributed by atoms with van der Waals surface area (Å²) in [4.78, 5) is 0. The molecular weight excluding hydrogens is 230 g/mol. The van der Waals surface area contributed by atoms with E-state index in [2.05, 4.69) is 48.5 Å². The predicted octanol–water partition coefficient (Wildman–Crippen LogP) is 4.73. The van der Waals surface area contributed by atoms with Crippen molar-refractivity contribution in [3.05, 3.63) is 59.7 Å². The van der Waals surface area contributed by atoms with E-state index in [0.29, 0.717) is 0 Å². The van der Waals surface area contributed by atoms with Crippen molar-refractivity contribution in [1.29, 1.82) is 0 Å². The molecule has 1 atom stereocenters. The minimum Gasteiger partial charge on any atom is -0.324 e. The Balaban J connectivity index is 1.88. The molecule has 0 heterocycles. The van der Waals surface area contributed by atoms with E-state index in [-0.39, 0.29) is 6.04 Å². The lowest BCUT2D eigenvalue weighted by Gasteiger charge is -2.19. The fourth-order valence-corrected chi connectivity index (χ4v) is 3.06. The summed E-state index contributed by atoms with van der Waals surface area (Å²) in [6, 6.07) is 15.1. The summed E-state index contributed by atoms with van der Waals surface area (Å²) in [5.74, 6) is 0. The molecule has 0 fully saturated rings. The summed E-state index contributed by atoms with van der Waals surface area (Å²) in [6.45, 7) is 0. The van der Waals surface area contributed by atoms with Gasteiger partial charge in [0, 0.05) is 6.04 Å². The molecule has 19 heavy (non-hydrogen) atoms. The normalized spacial score (nSPS) is 17.2. The molecule has 0 saturated carbocycles. The summed E-state index contributed by atoms with van der Waals surface area (Å²) in [6.07, 6.45) is 8.54. The van der Waals surface area contributed by atoms with E-state index in [1.807, 2.05) is 0 Å². The Morgan fingerprint density at radius 2 is 1.84 bits per heavy atom. The lowest BCUT2D eigenvalue weighted by atomic mass is 9.90. The molecule has 1 unspecified atom stereocenters. The maximum Gasteiger partial charge on any atom is 0.0338 e. The highest BCUT2D eigenvalue weighted by atomic mass is 14.6. The van der Waals surface area contributed by atoms with Crippen molar-refractivity contribution in [3.8, 4) is 0 Å². The molecule has 98 valence electrons. The van der Waals surface area contributed by atoms with Crippen LogP contribution < -0.4 is 5.73 Å². The van der Waals surface area contributed by atoms with E-state index in [1.54, 1.807) is 5.57 Å². The average Bonchev–Trinajstić information content (AvgIpc) is 2.47. The van der Waals surface area contributed by atoms with E-state index in [1.165, 1.54) is 42.0 Å². The van der Waals surface area contributed by atoms with Gasteiger partial charge in [0.05, 0.1) is 0 Å². The second-order valence-corrected chi connectivity index (χ2v) is 5.49. The van der Waals surface area contributed by atoms with Crippen molar-refractivity contribution < 1.29 is 0 Å². The van der Waals surface area contributed by atoms with E-state index >= 15 is 0 Å². The summed E-state index contributed by atoms with van der Waals surface area (Å²) in [5, 5.41) is 2.59. The Morgan fingerprint density at radius 1 is 1.00 bits per heavy atom. The molecular formula is C18H21N. The number of rotatable bonds is 3. The number of benzene rings is 2. The zero-order valence-corrected chi connectivity index (χ0v) is 11.3. The Bertz CT molecular complexity index is 592. The molecule has 0 aliphatic heterocycles. The van der Waals surface area contributed by atoms with Crippen LogP contribution in [0.4, 0.5) is 0 Å². The SMILES string of the molecule is NC(CC1=CCCCC1)c1cccc2ccccc12. The lowest BCUT2D eigenvalue weighted by Crippen LogP contribution is -2.12. The Labute approximate surface area is 115 Å². The monoisotopic (exact) mass is 251 g/mol. The third-order valence-electron chi connectivity index (χ3n) is 4.09. The molecule has 3 rings (SSSR count). The van der Waals surface area contributed by atoms with Gasteiger partial charge < -0.3 is 5.73 Å². The van der Waals surface area contributed by atoms with Crippen LogP contribution in [0.3, 0.4) is 0 Å². The standard InChI is InChI=1S/C18H21N/c19-18(13-14-7-2-1-3-8-14)17-12-6-10-15-9-4-5-11-16(15)17/h4-7,9-12,18H,1-3,8,13,19H2. The van der Waals surface area contributed by atoms with Crippen LogP contribution in [-0.4, -0.2) is 0 Å². The molecule has 0 radical (unpaired) electrons. The fourth-order valence-electron chi connectivity index (χ4n) is 3.06. The van der Waals surface area contributed by atoms with Crippen molar-refractivity contribution >= 4 is 10.8 Å². The minimum absolute atomic E-state index is 0.121. The molecule has 1 heteroatoms. The van der Waals surface area contributed by atoms with Gasteiger partial charge >= 0.3 is 0 Å². The van der Waals surface area contributed by atoms with Gasteiger partial charge in [-0.15, -0.1) is 0 Å². The van der Waals surface area contributed by atoms with Crippen molar-refractivity contribution in [2.75, 3.05) is 0 Å². The van der Waals surface area contributed by atoms with E-state index < -0.39 is 0 Å². The molecule has 2 aromatic carbocycles. The van der Waals surface area contributed by atoms with Gasteiger partial charge in [0.2, 0.25) is 0 Å². The lowest BCUT2D eigenvalue weighted by molar-refractivity contribution is 0.630. The zero-order valence-electron chi connectivity index (χ0n) is 11.3. The summed E-state index contributed by atoms with van der Waals surface area (Å²) in [7, 11) is 0. The number of hydrogen-bond donors (Lipinski definition) is 1. The first-order chi connectivity index (χ1) is 9.34. The molecule has 1 aliphatic carbocycles. The smallest absolute Gasteiger partial charge is 0.0338 e. The van der Waals surface area contributed by atoms with Crippen LogP contribution in [-0.2, 0) is 0 Å². The van der Waals surface area contributed by atoms with Gasteiger partial charge in [0.15, 0.2) is 0 Å². The molecule has 0 aromatic heterocycles. The van der Waals surface area contributed by atoms with Crippen LogP contribution in [0, 0.1) is 0 Å². The van der Waals surface area contributed by atoms with Gasteiger partial charge in [-0.05, 0) is 48.4 Å².